The Hall–Kier alpha value is -2.91. The monoisotopic (exact) mass is 673 g/mol. The summed E-state index contributed by atoms with van der Waals surface area (Å²) in [5.41, 5.74) is 9.50. The van der Waals surface area contributed by atoms with E-state index < -0.39 is 11.9 Å². The zero-order chi connectivity index (χ0) is 34.4. The van der Waals surface area contributed by atoms with Crippen molar-refractivity contribution in [2.75, 3.05) is 6.54 Å². The molecule has 0 amide bonds. The van der Waals surface area contributed by atoms with Crippen molar-refractivity contribution in [1.29, 1.82) is 0 Å². The number of carboxylic acid groups (broad SMARTS) is 1. The Balaban J connectivity index is 1.24. The predicted molar refractivity (Wildman–Crippen MR) is 207 cm³/mol. The summed E-state index contributed by atoms with van der Waals surface area (Å²) in [6, 6.07) is 22.3. The van der Waals surface area contributed by atoms with Crippen molar-refractivity contribution >= 4 is 5.97 Å². The first-order chi connectivity index (χ1) is 24.5. The van der Waals surface area contributed by atoms with Gasteiger partial charge in [0.15, 0.2) is 0 Å². The molecule has 8 rings (SSSR count). The first-order valence-corrected chi connectivity index (χ1v) is 20.6. The average Bonchev–Trinajstić information content (AvgIpc) is 3.16. The molecule has 268 valence electrons. The lowest BCUT2D eigenvalue weighted by atomic mass is 9.41. The van der Waals surface area contributed by atoms with Gasteiger partial charge >= 0.3 is 5.97 Å². The molecular weight excluding hydrogens is 611 g/mol. The number of nitrogens with two attached hydrogens (primary N) is 1. The molecule has 2 bridgehead atoms. The lowest BCUT2D eigenvalue weighted by Crippen LogP contribution is -2.59. The third kappa shape index (κ3) is 7.23. The summed E-state index contributed by atoms with van der Waals surface area (Å²) in [7, 11) is 0. The second-order valence-electron chi connectivity index (χ2n) is 17.1. The zero-order valence-electron chi connectivity index (χ0n) is 30.5. The molecule has 0 unspecified atom stereocenters. The molecule has 3 heteroatoms. The van der Waals surface area contributed by atoms with Crippen LogP contribution in [0.15, 0.2) is 97.1 Å². The Bertz CT molecular complexity index is 1470. The van der Waals surface area contributed by atoms with Gasteiger partial charge in [0.1, 0.15) is 0 Å². The van der Waals surface area contributed by atoms with Gasteiger partial charge in [-0.15, -0.1) is 0 Å². The molecule has 3 nitrogen and oxygen atoms in total. The van der Waals surface area contributed by atoms with Crippen LogP contribution >= 0.6 is 0 Å². The van der Waals surface area contributed by atoms with E-state index in [0.717, 1.165) is 44.4 Å². The van der Waals surface area contributed by atoms with E-state index in [1.807, 2.05) is 0 Å². The quantitative estimate of drug-likeness (QED) is 0.208. The third-order valence-corrected chi connectivity index (χ3v) is 14.6. The first kappa shape index (κ1) is 35.5. The lowest BCUT2D eigenvalue weighted by Gasteiger charge is -2.63. The number of carboxylic acids is 1. The number of aliphatic carboxylic acids is 1. The summed E-state index contributed by atoms with van der Waals surface area (Å²) in [5.74, 6) is 1.62. The summed E-state index contributed by atoms with van der Waals surface area (Å²) in [6.45, 7) is 0.587. The molecule has 3 fully saturated rings. The van der Waals surface area contributed by atoms with Crippen LogP contribution in [-0.2, 0) is 16.6 Å². The minimum absolute atomic E-state index is 0.0166. The van der Waals surface area contributed by atoms with Gasteiger partial charge < -0.3 is 10.8 Å². The van der Waals surface area contributed by atoms with E-state index in [0.29, 0.717) is 18.4 Å². The third-order valence-electron chi connectivity index (χ3n) is 14.6. The van der Waals surface area contributed by atoms with Gasteiger partial charge in [-0.1, -0.05) is 142 Å². The zero-order valence-corrected chi connectivity index (χ0v) is 30.5. The van der Waals surface area contributed by atoms with Gasteiger partial charge in [-0.2, -0.15) is 0 Å². The van der Waals surface area contributed by atoms with Crippen LogP contribution < -0.4 is 5.73 Å². The van der Waals surface area contributed by atoms with Crippen molar-refractivity contribution < 1.29 is 9.90 Å². The van der Waals surface area contributed by atoms with Crippen LogP contribution in [0.4, 0.5) is 0 Å². The lowest BCUT2D eigenvalue weighted by molar-refractivity contribution is -0.148. The highest BCUT2D eigenvalue weighted by Crippen LogP contribution is 2.66. The molecule has 0 aromatic heterocycles. The van der Waals surface area contributed by atoms with Crippen LogP contribution in [0.1, 0.15) is 114 Å². The number of aryl methyl sites for hydroxylation is 1. The highest BCUT2D eigenvalue weighted by atomic mass is 16.4. The van der Waals surface area contributed by atoms with E-state index in [4.69, 9.17) is 5.73 Å². The minimum atomic E-state index is -0.654. The molecule has 9 atom stereocenters. The molecule has 0 spiro atoms. The number of carbonyl (C=O) groups is 1. The summed E-state index contributed by atoms with van der Waals surface area (Å²) in [6.07, 6.45) is 36.0. The highest BCUT2D eigenvalue weighted by molar-refractivity contribution is 5.73. The number of fused-ring (bicyclic) bond motifs is 1. The Morgan fingerprint density at radius 3 is 2.38 bits per heavy atom. The van der Waals surface area contributed by atoms with Crippen molar-refractivity contribution in [3.63, 3.8) is 0 Å². The Kier molecular flexibility index (Phi) is 11.5. The Morgan fingerprint density at radius 1 is 0.860 bits per heavy atom. The van der Waals surface area contributed by atoms with E-state index in [-0.39, 0.29) is 34.5 Å². The van der Waals surface area contributed by atoms with E-state index >= 15 is 0 Å². The highest BCUT2D eigenvalue weighted by Gasteiger charge is 2.62. The number of benzene rings is 2. The van der Waals surface area contributed by atoms with Gasteiger partial charge in [0, 0.05) is 5.41 Å². The van der Waals surface area contributed by atoms with Crippen molar-refractivity contribution in [3.8, 4) is 0 Å². The van der Waals surface area contributed by atoms with Crippen molar-refractivity contribution in [2.45, 2.75) is 115 Å². The number of rotatable bonds is 13. The maximum absolute atomic E-state index is 13.3. The fourth-order valence-corrected chi connectivity index (χ4v) is 12.3. The van der Waals surface area contributed by atoms with E-state index in [2.05, 4.69) is 97.1 Å². The van der Waals surface area contributed by atoms with Crippen LogP contribution in [0.5, 0.6) is 0 Å². The van der Waals surface area contributed by atoms with E-state index in [1.165, 1.54) is 81.8 Å². The van der Waals surface area contributed by atoms with Crippen LogP contribution in [0.3, 0.4) is 0 Å². The molecule has 50 heavy (non-hydrogen) atoms. The molecule has 6 aliphatic carbocycles. The molecular formula is C47H63NO2. The summed E-state index contributed by atoms with van der Waals surface area (Å²) >= 11 is 0. The summed E-state index contributed by atoms with van der Waals surface area (Å²) in [5, 5.41) is 10.9. The predicted octanol–water partition coefficient (Wildman–Crippen LogP) is 11.1. The van der Waals surface area contributed by atoms with Gasteiger partial charge in [-0.05, 0) is 129 Å². The Labute approximate surface area is 302 Å². The molecule has 0 aliphatic heterocycles. The maximum atomic E-state index is 13.3. The van der Waals surface area contributed by atoms with Crippen LogP contribution in [0.2, 0.25) is 0 Å². The van der Waals surface area contributed by atoms with Crippen molar-refractivity contribution in [1.82, 2.24) is 0 Å². The minimum Gasteiger partial charge on any atom is -0.481 e. The normalized spacial score (nSPS) is 34.5. The van der Waals surface area contributed by atoms with Crippen LogP contribution in [0.25, 0.3) is 0 Å². The number of hydrogen-bond acceptors (Lipinski definition) is 2. The van der Waals surface area contributed by atoms with Gasteiger partial charge in [0.05, 0.1) is 5.92 Å². The SMILES string of the molecule is NC[C@@H]1C=C[C@H](C(=O)O)[C@H]2[C@H]1[C@@]1(C[C@@H](C/C=C\CCC3CCCCC3)CCc3ccccc3)C=C[C@@H]2[C@@]2(c3ccccc3)CCCC[C@H]2CC1. The van der Waals surface area contributed by atoms with Gasteiger partial charge in [0.25, 0.3) is 0 Å². The van der Waals surface area contributed by atoms with E-state index in [1.54, 1.807) is 0 Å². The van der Waals surface area contributed by atoms with Crippen LogP contribution in [-0.4, -0.2) is 17.6 Å². The number of hydrogen-bond donors (Lipinski definition) is 2. The fourth-order valence-electron chi connectivity index (χ4n) is 12.3. The van der Waals surface area contributed by atoms with E-state index in [9.17, 15) is 9.90 Å². The first-order valence-electron chi connectivity index (χ1n) is 20.6. The van der Waals surface area contributed by atoms with Gasteiger partial charge in [0.2, 0.25) is 0 Å². The summed E-state index contributed by atoms with van der Waals surface area (Å²) in [4.78, 5) is 13.3. The topological polar surface area (TPSA) is 63.3 Å². The second kappa shape index (κ2) is 16.2. The smallest absolute Gasteiger partial charge is 0.310 e. The van der Waals surface area contributed by atoms with Gasteiger partial charge in [-0.3, -0.25) is 4.79 Å². The molecule has 6 aliphatic rings. The van der Waals surface area contributed by atoms with Crippen molar-refractivity contribution in [2.24, 2.45) is 58.5 Å². The maximum Gasteiger partial charge on any atom is 0.310 e. The largest absolute Gasteiger partial charge is 0.481 e. The Morgan fingerprint density at radius 2 is 1.62 bits per heavy atom. The average molecular weight is 674 g/mol. The molecule has 2 aromatic rings. The molecule has 0 saturated heterocycles. The van der Waals surface area contributed by atoms with Crippen molar-refractivity contribution in [3.05, 3.63) is 108 Å². The molecule has 3 saturated carbocycles. The standard InChI is InChI=1S/C47H63NO2/c48-34-38-26-27-41(45(49)50)43-42-29-32-46(44(38)43,31-28-40-23-13-14-30-47(40,42)39-21-11-4-12-22-39)33-37(25-24-36-18-8-2-9-19-36)20-10-3-7-17-35-15-5-1-6-16-35/h2-4,8-12,18-19,21-22,26-27,29,32,35,37-38,40-44H,1,5-7,13-17,20,23-25,28,30-31,33-34,48H2,(H,49,50)/b10-3-/t37-,38-,40-,41-,42-,43+,44-,46+,47+/m0/s1. The molecule has 3 N–H and O–H groups in total. The molecule has 0 radical (unpaired) electrons. The van der Waals surface area contributed by atoms with Gasteiger partial charge in [-0.25, -0.2) is 0 Å². The molecule has 0 heterocycles. The van der Waals surface area contributed by atoms with Crippen LogP contribution in [0, 0.1) is 52.8 Å². The second-order valence-corrected chi connectivity index (χ2v) is 17.1. The summed E-state index contributed by atoms with van der Waals surface area (Å²) < 4.78 is 0. The molecule has 2 aromatic carbocycles. The number of allylic oxidation sites excluding steroid dienone is 4. The fraction of sp³-hybridized carbons (Fsp3) is 0.596.